The first-order chi connectivity index (χ1) is 9.43. The number of nitrogens with one attached hydrogen (secondary N) is 1. The van der Waals surface area contributed by atoms with Crippen molar-refractivity contribution in [2.75, 3.05) is 19.8 Å². The lowest BCUT2D eigenvalue weighted by Crippen LogP contribution is -2.45. The van der Waals surface area contributed by atoms with E-state index in [-0.39, 0.29) is 5.41 Å². The Morgan fingerprint density at radius 1 is 1.20 bits per heavy atom. The lowest BCUT2D eigenvalue weighted by atomic mass is 9.91. The molecule has 0 fully saturated rings. The monoisotopic (exact) mass is 274 g/mol. The predicted octanol–water partition coefficient (Wildman–Crippen LogP) is 3.47. The van der Waals surface area contributed by atoms with Gasteiger partial charge in [0.1, 0.15) is 0 Å². The summed E-state index contributed by atoms with van der Waals surface area (Å²) in [5, 5.41) is 12.9. The topological polar surface area (TPSA) is 45.0 Å². The van der Waals surface area contributed by atoms with E-state index in [9.17, 15) is 5.26 Å². The minimum atomic E-state index is -0.756. The van der Waals surface area contributed by atoms with Crippen LogP contribution in [0.15, 0.2) is 30.3 Å². The lowest BCUT2D eigenvalue weighted by Gasteiger charge is -2.28. The Hall–Kier alpha value is -1.37. The summed E-state index contributed by atoms with van der Waals surface area (Å²) in [5.74, 6) is 0. The summed E-state index contributed by atoms with van der Waals surface area (Å²) in [4.78, 5) is 0. The molecule has 20 heavy (non-hydrogen) atoms. The average Bonchev–Trinajstić information content (AvgIpc) is 2.42. The number of likely N-dealkylation sites (N-methyl/N-ethyl adjacent to an activating group) is 1. The summed E-state index contributed by atoms with van der Waals surface area (Å²) in [5.41, 5.74) is 0.453. The first-order valence-corrected chi connectivity index (χ1v) is 7.23. The summed E-state index contributed by atoms with van der Waals surface area (Å²) in [6.45, 7) is 10.3. The molecular formula is C17H26N2O. The van der Waals surface area contributed by atoms with Crippen LogP contribution >= 0.6 is 0 Å². The summed E-state index contributed by atoms with van der Waals surface area (Å²) in [6.07, 6.45) is 0.982. The number of benzene rings is 1. The van der Waals surface area contributed by atoms with Crippen molar-refractivity contribution in [1.82, 2.24) is 5.32 Å². The van der Waals surface area contributed by atoms with E-state index in [4.69, 9.17) is 4.74 Å². The summed E-state index contributed by atoms with van der Waals surface area (Å²) >= 11 is 0. The Morgan fingerprint density at radius 3 is 2.35 bits per heavy atom. The van der Waals surface area contributed by atoms with Gasteiger partial charge in [0.15, 0.2) is 5.54 Å². The molecule has 1 rings (SSSR count). The molecule has 1 unspecified atom stereocenters. The van der Waals surface area contributed by atoms with Crippen LogP contribution in [0.2, 0.25) is 0 Å². The highest BCUT2D eigenvalue weighted by atomic mass is 16.5. The van der Waals surface area contributed by atoms with Gasteiger partial charge in [-0.15, -0.1) is 0 Å². The minimum Gasteiger partial charge on any atom is -0.378 e. The fourth-order valence-electron chi connectivity index (χ4n) is 2.00. The van der Waals surface area contributed by atoms with Gasteiger partial charge in [-0.05, 0) is 23.9 Å². The molecule has 0 heterocycles. The molecule has 0 aromatic heterocycles. The maximum atomic E-state index is 9.63. The minimum absolute atomic E-state index is 0.250. The molecule has 0 aliphatic carbocycles. The SMILES string of the molecule is CCNC(C#N)(COCCC(C)(C)C)c1ccccc1. The highest BCUT2D eigenvalue weighted by Crippen LogP contribution is 2.22. The number of nitriles is 1. The largest absolute Gasteiger partial charge is 0.378 e. The molecular weight excluding hydrogens is 248 g/mol. The molecule has 0 aliphatic rings. The molecule has 3 nitrogen and oxygen atoms in total. The van der Waals surface area contributed by atoms with E-state index in [0.717, 1.165) is 18.5 Å². The Labute approximate surface area is 123 Å². The molecule has 1 N–H and O–H groups in total. The lowest BCUT2D eigenvalue weighted by molar-refractivity contribution is 0.0713. The predicted molar refractivity (Wildman–Crippen MR) is 82.3 cm³/mol. The van der Waals surface area contributed by atoms with Gasteiger partial charge in [-0.25, -0.2) is 0 Å². The third-order valence-electron chi connectivity index (χ3n) is 3.25. The van der Waals surface area contributed by atoms with Crippen molar-refractivity contribution in [1.29, 1.82) is 5.26 Å². The summed E-state index contributed by atoms with van der Waals surface area (Å²) in [7, 11) is 0. The van der Waals surface area contributed by atoms with Crippen LogP contribution in [0.5, 0.6) is 0 Å². The zero-order valence-electron chi connectivity index (χ0n) is 13.1. The van der Waals surface area contributed by atoms with Crippen molar-refractivity contribution in [2.24, 2.45) is 5.41 Å². The second kappa shape index (κ2) is 7.42. The highest BCUT2D eigenvalue weighted by molar-refractivity contribution is 5.31. The number of ether oxygens (including phenoxy) is 1. The smallest absolute Gasteiger partial charge is 0.155 e. The quantitative estimate of drug-likeness (QED) is 0.774. The van der Waals surface area contributed by atoms with E-state index < -0.39 is 5.54 Å². The molecule has 1 atom stereocenters. The maximum absolute atomic E-state index is 9.63. The summed E-state index contributed by atoms with van der Waals surface area (Å²) < 4.78 is 5.79. The molecule has 1 aromatic carbocycles. The second-order valence-electron chi connectivity index (χ2n) is 6.28. The van der Waals surface area contributed by atoms with E-state index in [1.54, 1.807) is 0 Å². The Bertz CT molecular complexity index is 431. The number of hydrogen-bond acceptors (Lipinski definition) is 3. The van der Waals surface area contributed by atoms with Crippen LogP contribution in [0.25, 0.3) is 0 Å². The Balaban J connectivity index is 2.73. The van der Waals surface area contributed by atoms with Gasteiger partial charge in [-0.3, -0.25) is 5.32 Å². The van der Waals surface area contributed by atoms with Crippen molar-refractivity contribution in [2.45, 2.75) is 39.7 Å². The van der Waals surface area contributed by atoms with Gasteiger partial charge in [-0.2, -0.15) is 5.26 Å². The molecule has 0 spiro atoms. The molecule has 1 aromatic rings. The third-order valence-corrected chi connectivity index (χ3v) is 3.25. The Kier molecular flexibility index (Phi) is 6.19. The van der Waals surface area contributed by atoms with Gasteiger partial charge < -0.3 is 4.74 Å². The van der Waals surface area contributed by atoms with Crippen LogP contribution in [0, 0.1) is 16.7 Å². The molecule has 0 radical (unpaired) electrons. The van der Waals surface area contributed by atoms with Crippen LogP contribution in [-0.2, 0) is 10.3 Å². The van der Waals surface area contributed by atoms with Gasteiger partial charge in [0.05, 0.1) is 12.7 Å². The summed E-state index contributed by atoms with van der Waals surface area (Å²) in [6, 6.07) is 12.2. The molecule has 0 amide bonds. The van der Waals surface area contributed by atoms with Gasteiger partial charge in [-0.1, -0.05) is 58.0 Å². The normalized spacial score (nSPS) is 14.6. The zero-order chi connectivity index (χ0) is 15.1. The van der Waals surface area contributed by atoms with Crippen molar-refractivity contribution < 1.29 is 4.74 Å². The molecule has 0 aliphatic heterocycles. The van der Waals surface area contributed by atoms with Crippen LogP contribution in [-0.4, -0.2) is 19.8 Å². The van der Waals surface area contributed by atoms with Gasteiger partial charge in [0.25, 0.3) is 0 Å². The number of hydrogen-bond donors (Lipinski definition) is 1. The van der Waals surface area contributed by atoms with Gasteiger partial charge in [0, 0.05) is 6.61 Å². The van der Waals surface area contributed by atoms with E-state index in [1.807, 2.05) is 37.3 Å². The van der Waals surface area contributed by atoms with Crippen LogP contribution < -0.4 is 5.32 Å². The molecule has 110 valence electrons. The van der Waals surface area contributed by atoms with E-state index in [2.05, 4.69) is 32.2 Å². The third kappa shape index (κ3) is 4.96. The first kappa shape index (κ1) is 16.7. The van der Waals surface area contributed by atoms with Crippen molar-refractivity contribution >= 4 is 0 Å². The van der Waals surface area contributed by atoms with Crippen molar-refractivity contribution in [3.63, 3.8) is 0 Å². The number of rotatable bonds is 7. The standard InChI is InChI=1S/C17H26N2O/c1-5-19-17(13-18,15-9-7-6-8-10-15)14-20-12-11-16(2,3)4/h6-10,19H,5,11-12,14H2,1-4H3. The first-order valence-electron chi connectivity index (χ1n) is 7.23. The van der Waals surface area contributed by atoms with Crippen molar-refractivity contribution in [3.05, 3.63) is 35.9 Å². The van der Waals surface area contributed by atoms with Crippen LogP contribution in [0.4, 0.5) is 0 Å². The highest BCUT2D eigenvalue weighted by Gasteiger charge is 2.31. The second-order valence-corrected chi connectivity index (χ2v) is 6.28. The van der Waals surface area contributed by atoms with Gasteiger partial charge >= 0.3 is 0 Å². The average molecular weight is 274 g/mol. The van der Waals surface area contributed by atoms with Crippen molar-refractivity contribution in [3.8, 4) is 6.07 Å². The molecule has 3 heteroatoms. The van der Waals surface area contributed by atoms with Crippen LogP contribution in [0.3, 0.4) is 0 Å². The van der Waals surface area contributed by atoms with Gasteiger partial charge in [0.2, 0.25) is 0 Å². The van der Waals surface area contributed by atoms with E-state index >= 15 is 0 Å². The molecule has 0 saturated heterocycles. The Morgan fingerprint density at radius 2 is 1.85 bits per heavy atom. The van der Waals surface area contributed by atoms with Crippen LogP contribution in [0.1, 0.15) is 39.7 Å². The fourth-order valence-corrected chi connectivity index (χ4v) is 2.00. The zero-order valence-corrected chi connectivity index (χ0v) is 13.1. The van der Waals surface area contributed by atoms with E-state index in [1.165, 1.54) is 0 Å². The molecule has 0 saturated carbocycles. The number of nitrogens with zero attached hydrogens (tertiary/aromatic N) is 1. The maximum Gasteiger partial charge on any atom is 0.155 e. The fraction of sp³-hybridized carbons (Fsp3) is 0.588. The van der Waals surface area contributed by atoms with E-state index in [0.29, 0.717) is 13.2 Å². The molecule has 0 bridgehead atoms.